The number of carbonyl (C=O) groups excluding carboxylic acids is 1. The number of fused-ring (bicyclic) bond motifs is 1. The van der Waals surface area contributed by atoms with Crippen molar-refractivity contribution in [3.63, 3.8) is 0 Å². The Morgan fingerprint density at radius 2 is 1.64 bits per heavy atom. The van der Waals surface area contributed by atoms with Crippen LogP contribution in [-0.2, 0) is 11.3 Å². The summed E-state index contributed by atoms with van der Waals surface area (Å²) in [6.07, 6.45) is 4.44. The van der Waals surface area contributed by atoms with Gasteiger partial charge in [0.05, 0.1) is 0 Å². The molecule has 0 aliphatic heterocycles. The van der Waals surface area contributed by atoms with E-state index in [2.05, 4.69) is 41.2 Å². The molecule has 4 nitrogen and oxygen atoms in total. The summed E-state index contributed by atoms with van der Waals surface area (Å²) < 4.78 is 21.8. The summed E-state index contributed by atoms with van der Waals surface area (Å²) in [6, 6.07) is 32.6. The number of aromatic nitrogens is 1. The first-order valence-electron chi connectivity index (χ1n) is 13.5. The minimum atomic E-state index is -0.247. The van der Waals surface area contributed by atoms with Gasteiger partial charge in [0, 0.05) is 42.5 Å². The van der Waals surface area contributed by atoms with Crippen LogP contribution in [0, 0.1) is 5.82 Å². The number of halogens is 1. The van der Waals surface area contributed by atoms with Crippen LogP contribution in [0.3, 0.4) is 0 Å². The lowest BCUT2D eigenvalue weighted by molar-refractivity contribution is -0.121. The molecule has 5 aromatic rings. The van der Waals surface area contributed by atoms with Crippen molar-refractivity contribution < 1.29 is 13.9 Å². The monoisotopic (exact) mass is 520 g/mol. The molecular weight excluding hydrogens is 487 g/mol. The number of nitrogens with zero attached hydrogens (tertiary/aromatic N) is 1. The largest absolute Gasteiger partial charge is 0.457 e. The molecule has 39 heavy (non-hydrogen) atoms. The average molecular weight is 521 g/mol. The van der Waals surface area contributed by atoms with E-state index in [1.807, 2.05) is 72.8 Å². The molecule has 0 aliphatic rings. The third kappa shape index (κ3) is 6.55. The molecule has 1 aromatic heterocycles. The predicted octanol–water partition coefficient (Wildman–Crippen LogP) is 8.06. The van der Waals surface area contributed by atoms with E-state index < -0.39 is 0 Å². The molecule has 0 fully saturated rings. The Balaban J connectivity index is 1.53. The maximum atomic E-state index is 13.5. The van der Waals surface area contributed by atoms with Crippen molar-refractivity contribution in [2.24, 2.45) is 0 Å². The smallest absolute Gasteiger partial charge is 0.220 e. The van der Waals surface area contributed by atoms with Gasteiger partial charge < -0.3 is 14.6 Å². The molecule has 1 atom stereocenters. The standard InChI is InChI=1S/C34H33FN2O2/c1-2-3-20-36-34(38)22-31(26-10-9-13-29(21-26)39-28-11-5-4-6-12-28)32-24-37(33-15-8-7-14-30(32)33)23-25-16-18-27(35)19-17-25/h4-19,21,24,31H,2-3,20,22-23H2,1H3,(H,36,38). The molecule has 0 bridgehead atoms. The zero-order chi connectivity index (χ0) is 27.0. The van der Waals surface area contributed by atoms with E-state index in [-0.39, 0.29) is 17.6 Å². The molecule has 4 aromatic carbocycles. The zero-order valence-electron chi connectivity index (χ0n) is 22.1. The lowest BCUT2D eigenvalue weighted by Gasteiger charge is -2.18. The first-order chi connectivity index (χ1) is 19.1. The normalized spacial score (nSPS) is 11.8. The Labute approximate surface area is 229 Å². The zero-order valence-corrected chi connectivity index (χ0v) is 22.1. The summed E-state index contributed by atoms with van der Waals surface area (Å²) in [7, 11) is 0. The molecule has 0 spiro atoms. The highest BCUT2D eigenvalue weighted by molar-refractivity contribution is 5.87. The summed E-state index contributed by atoms with van der Waals surface area (Å²) in [5.74, 6) is 1.09. The van der Waals surface area contributed by atoms with E-state index >= 15 is 0 Å². The highest BCUT2D eigenvalue weighted by Gasteiger charge is 2.23. The van der Waals surface area contributed by atoms with Crippen LogP contribution >= 0.6 is 0 Å². The van der Waals surface area contributed by atoms with Gasteiger partial charge >= 0.3 is 0 Å². The van der Waals surface area contributed by atoms with Crippen LogP contribution < -0.4 is 10.1 Å². The van der Waals surface area contributed by atoms with Crippen LogP contribution in [0.15, 0.2) is 109 Å². The Kier molecular flexibility index (Phi) is 8.37. The van der Waals surface area contributed by atoms with Crippen LogP contribution in [0.1, 0.15) is 48.8 Å². The van der Waals surface area contributed by atoms with Gasteiger partial charge in [-0.25, -0.2) is 4.39 Å². The number of nitrogens with one attached hydrogen (secondary N) is 1. The van der Waals surface area contributed by atoms with Gasteiger partial charge in [-0.15, -0.1) is 0 Å². The molecular formula is C34H33FN2O2. The van der Waals surface area contributed by atoms with Crippen molar-refractivity contribution in [2.45, 2.75) is 38.6 Å². The molecule has 0 saturated heterocycles. The third-order valence-corrected chi connectivity index (χ3v) is 6.94. The van der Waals surface area contributed by atoms with Gasteiger partial charge in [-0.1, -0.05) is 74.0 Å². The fraction of sp³-hybridized carbons (Fsp3) is 0.206. The van der Waals surface area contributed by atoms with Gasteiger partial charge in [-0.3, -0.25) is 4.79 Å². The van der Waals surface area contributed by atoms with E-state index in [4.69, 9.17) is 4.74 Å². The molecule has 0 radical (unpaired) electrons. The Bertz CT molecular complexity index is 1530. The molecule has 1 heterocycles. The number of para-hydroxylation sites is 2. The van der Waals surface area contributed by atoms with Crippen LogP contribution in [0.5, 0.6) is 11.5 Å². The second kappa shape index (κ2) is 12.4. The van der Waals surface area contributed by atoms with Gasteiger partial charge in [-0.2, -0.15) is 0 Å². The van der Waals surface area contributed by atoms with Crippen molar-refractivity contribution in [1.82, 2.24) is 9.88 Å². The Hall–Kier alpha value is -4.38. The molecule has 5 heteroatoms. The fourth-order valence-electron chi connectivity index (χ4n) is 4.96. The second-order valence-electron chi connectivity index (χ2n) is 9.80. The highest BCUT2D eigenvalue weighted by Crippen LogP contribution is 2.37. The number of hydrogen-bond acceptors (Lipinski definition) is 2. The lowest BCUT2D eigenvalue weighted by atomic mass is 9.88. The van der Waals surface area contributed by atoms with Crippen molar-refractivity contribution in [3.8, 4) is 11.5 Å². The molecule has 1 unspecified atom stereocenters. The van der Waals surface area contributed by atoms with Crippen LogP contribution in [0.4, 0.5) is 4.39 Å². The summed E-state index contributed by atoms with van der Waals surface area (Å²) in [5.41, 5.74) is 4.18. The van der Waals surface area contributed by atoms with Gasteiger partial charge in [0.25, 0.3) is 0 Å². The number of rotatable bonds is 11. The summed E-state index contributed by atoms with van der Waals surface area (Å²) in [6.45, 7) is 3.39. The van der Waals surface area contributed by atoms with E-state index in [0.29, 0.717) is 19.5 Å². The van der Waals surface area contributed by atoms with Gasteiger partial charge in [0.15, 0.2) is 0 Å². The minimum absolute atomic E-state index is 0.0261. The average Bonchev–Trinajstić information content (AvgIpc) is 3.32. The van der Waals surface area contributed by atoms with E-state index in [0.717, 1.165) is 51.9 Å². The highest BCUT2D eigenvalue weighted by atomic mass is 19.1. The first-order valence-corrected chi connectivity index (χ1v) is 13.5. The van der Waals surface area contributed by atoms with Crippen LogP contribution in [-0.4, -0.2) is 17.0 Å². The van der Waals surface area contributed by atoms with Gasteiger partial charge in [-0.05, 0) is 65.6 Å². The van der Waals surface area contributed by atoms with Crippen LogP contribution in [0.25, 0.3) is 10.9 Å². The minimum Gasteiger partial charge on any atom is -0.457 e. The van der Waals surface area contributed by atoms with E-state index in [1.165, 1.54) is 12.1 Å². The number of carbonyl (C=O) groups is 1. The summed E-state index contributed by atoms with van der Waals surface area (Å²) in [4.78, 5) is 13.1. The Morgan fingerprint density at radius 1 is 0.897 bits per heavy atom. The number of unbranched alkanes of at least 4 members (excludes halogenated alkanes) is 1. The second-order valence-corrected chi connectivity index (χ2v) is 9.80. The molecule has 0 aliphatic carbocycles. The number of benzene rings is 4. The predicted molar refractivity (Wildman–Crippen MR) is 155 cm³/mol. The SMILES string of the molecule is CCCCNC(=O)CC(c1cccc(Oc2ccccc2)c1)c1cn(Cc2ccc(F)cc2)c2ccccc12. The van der Waals surface area contributed by atoms with E-state index in [1.54, 1.807) is 0 Å². The number of amides is 1. The van der Waals surface area contributed by atoms with Crippen molar-refractivity contribution in [1.29, 1.82) is 0 Å². The molecule has 198 valence electrons. The van der Waals surface area contributed by atoms with Crippen molar-refractivity contribution in [3.05, 3.63) is 132 Å². The number of ether oxygens (including phenoxy) is 1. The van der Waals surface area contributed by atoms with Crippen LogP contribution in [0.2, 0.25) is 0 Å². The molecule has 1 amide bonds. The molecule has 0 saturated carbocycles. The quantitative estimate of drug-likeness (QED) is 0.179. The Morgan fingerprint density at radius 3 is 2.44 bits per heavy atom. The van der Waals surface area contributed by atoms with Crippen molar-refractivity contribution in [2.75, 3.05) is 6.54 Å². The van der Waals surface area contributed by atoms with Crippen molar-refractivity contribution >= 4 is 16.8 Å². The lowest BCUT2D eigenvalue weighted by Crippen LogP contribution is -2.26. The topological polar surface area (TPSA) is 43.3 Å². The van der Waals surface area contributed by atoms with Gasteiger partial charge in [0.2, 0.25) is 5.91 Å². The first kappa shape index (κ1) is 26.2. The van der Waals surface area contributed by atoms with E-state index in [9.17, 15) is 9.18 Å². The number of hydrogen-bond donors (Lipinski definition) is 1. The third-order valence-electron chi connectivity index (χ3n) is 6.94. The van der Waals surface area contributed by atoms with Gasteiger partial charge in [0.1, 0.15) is 17.3 Å². The summed E-state index contributed by atoms with van der Waals surface area (Å²) in [5, 5.41) is 4.19. The maximum absolute atomic E-state index is 13.5. The fourth-order valence-corrected chi connectivity index (χ4v) is 4.96. The maximum Gasteiger partial charge on any atom is 0.220 e. The molecule has 1 N–H and O–H groups in total. The summed E-state index contributed by atoms with van der Waals surface area (Å²) >= 11 is 0. The molecule has 5 rings (SSSR count).